The molecule has 0 fully saturated rings. The zero-order chi connectivity index (χ0) is 24.5. The molecular formula is C30H26N2O3. The van der Waals surface area contributed by atoms with Gasteiger partial charge < -0.3 is 5.32 Å². The van der Waals surface area contributed by atoms with E-state index < -0.39 is 0 Å². The minimum Gasteiger partial charge on any atom is -0.348 e. The summed E-state index contributed by atoms with van der Waals surface area (Å²) in [6.07, 6.45) is 0.196. The molecule has 5 nitrogen and oxygen atoms in total. The van der Waals surface area contributed by atoms with Crippen molar-refractivity contribution in [3.8, 4) is 0 Å². The van der Waals surface area contributed by atoms with E-state index in [1.807, 2.05) is 91.0 Å². The second-order valence-electron chi connectivity index (χ2n) is 8.16. The zero-order valence-corrected chi connectivity index (χ0v) is 19.3. The molecule has 0 heterocycles. The van der Waals surface area contributed by atoms with Gasteiger partial charge in [0.1, 0.15) is 0 Å². The number of carbonyl (C=O) groups excluding carboxylic acids is 3. The minimum absolute atomic E-state index is 0.0979. The van der Waals surface area contributed by atoms with E-state index in [9.17, 15) is 14.4 Å². The third kappa shape index (κ3) is 6.51. The molecule has 0 aliphatic carbocycles. The third-order valence-corrected chi connectivity index (χ3v) is 5.58. The molecule has 0 aliphatic heterocycles. The first-order valence-corrected chi connectivity index (χ1v) is 11.5. The van der Waals surface area contributed by atoms with E-state index in [1.54, 1.807) is 24.3 Å². The summed E-state index contributed by atoms with van der Waals surface area (Å²) in [4.78, 5) is 40.3. The van der Waals surface area contributed by atoms with Crippen molar-refractivity contribution in [2.24, 2.45) is 0 Å². The molecule has 0 bridgehead atoms. The van der Waals surface area contributed by atoms with Crippen LogP contribution >= 0.6 is 0 Å². The number of rotatable bonds is 8. The minimum atomic E-state index is -0.321. The van der Waals surface area contributed by atoms with Gasteiger partial charge in [0.25, 0.3) is 5.91 Å². The molecule has 0 saturated carbocycles. The largest absolute Gasteiger partial charge is 0.348 e. The number of hydrogen-bond donors (Lipinski definition) is 1. The highest BCUT2D eigenvalue weighted by Crippen LogP contribution is 2.19. The first-order valence-electron chi connectivity index (χ1n) is 11.5. The van der Waals surface area contributed by atoms with E-state index in [4.69, 9.17) is 0 Å². The van der Waals surface area contributed by atoms with E-state index in [1.165, 1.54) is 4.90 Å². The lowest BCUT2D eigenvalue weighted by molar-refractivity contribution is -0.125. The Balaban J connectivity index is 1.52. The molecule has 0 atom stereocenters. The van der Waals surface area contributed by atoms with Crippen molar-refractivity contribution in [3.63, 3.8) is 0 Å². The maximum Gasteiger partial charge on any atom is 0.251 e. The maximum atomic E-state index is 13.2. The van der Waals surface area contributed by atoms with Gasteiger partial charge in [-0.15, -0.1) is 0 Å². The molecule has 0 saturated heterocycles. The summed E-state index contributed by atoms with van der Waals surface area (Å²) < 4.78 is 0. The van der Waals surface area contributed by atoms with Gasteiger partial charge >= 0.3 is 0 Å². The van der Waals surface area contributed by atoms with Crippen LogP contribution < -0.4 is 10.2 Å². The summed E-state index contributed by atoms with van der Waals surface area (Å²) in [5.74, 6) is -0.866. The van der Waals surface area contributed by atoms with Crippen LogP contribution in [0, 0.1) is 0 Å². The number of carbonyl (C=O) groups is 3. The zero-order valence-electron chi connectivity index (χ0n) is 19.3. The number of nitrogens with zero attached hydrogens (tertiary/aromatic N) is 1. The Hall–Kier alpha value is -4.51. The maximum absolute atomic E-state index is 13.2. The molecule has 0 unspecified atom stereocenters. The number of benzene rings is 4. The van der Waals surface area contributed by atoms with E-state index in [0.29, 0.717) is 17.8 Å². The van der Waals surface area contributed by atoms with Crippen molar-refractivity contribution in [2.45, 2.75) is 19.4 Å². The van der Waals surface area contributed by atoms with Crippen LogP contribution in [0.15, 0.2) is 115 Å². The Morgan fingerprint density at radius 1 is 0.543 bits per heavy atom. The molecular weight excluding hydrogens is 436 g/mol. The van der Waals surface area contributed by atoms with Crippen LogP contribution in [0.1, 0.15) is 27.0 Å². The number of anilines is 1. The predicted molar refractivity (Wildman–Crippen MR) is 137 cm³/mol. The van der Waals surface area contributed by atoms with Crippen molar-refractivity contribution in [2.75, 3.05) is 4.90 Å². The summed E-state index contributed by atoms with van der Waals surface area (Å²) in [7, 11) is 0. The number of hydrogen-bond acceptors (Lipinski definition) is 3. The Kier molecular flexibility index (Phi) is 7.81. The van der Waals surface area contributed by atoms with E-state index in [-0.39, 0.29) is 30.6 Å². The molecule has 0 radical (unpaired) electrons. The second-order valence-corrected chi connectivity index (χ2v) is 8.16. The van der Waals surface area contributed by atoms with Crippen LogP contribution in [-0.2, 0) is 29.0 Å². The highest BCUT2D eigenvalue weighted by Gasteiger charge is 2.24. The Labute approximate surface area is 205 Å². The summed E-state index contributed by atoms with van der Waals surface area (Å²) >= 11 is 0. The van der Waals surface area contributed by atoms with Crippen LogP contribution in [0.2, 0.25) is 0 Å². The first-order chi connectivity index (χ1) is 17.1. The molecule has 3 amide bonds. The molecule has 0 aromatic heterocycles. The predicted octanol–water partition coefficient (Wildman–Crippen LogP) is 4.96. The molecule has 5 heteroatoms. The lowest BCUT2D eigenvalue weighted by Gasteiger charge is -2.22. The van der Waals surface area contributed by atoms with Gasteiger partial charge in [0.05, 0.1) is 18.5 Å². The van der Waals surface area contributed by atoms with Gasteiger partial charge in [-0.3, -0.25) is 19.3 Å². The highest BCUT2D eigenvalue weighted by atomic mass is 16.2. The molecule has 1 N–H and O–H groups in total. The fourth-order valence-corrected chi connectivity index (χ4v) is 3.77. The Morgan fingerprint density at radius 2 is 0.971 bits per heavy atom. The van der Waals surface area contributed by atoms with Crippen LogP contribution in [0.5, 0.6) is 0 Å². The normalized spacial score (nSPS) is 10.4. The van der Waals surface area contributed by atoms with Crippen LogP contribution in [0.4, 0.5) is 5.69 Å². The number of nitrogens with one attached hydrogen (secondary N) is 1. The van der Waals surface area contributed by atoms with E-state index in [2.05, 4.69) is 5.32 Å². The monoisotopic (exact) mass is 462 g/mol. The van der Waals surface area contributed by atoms with E-state index >= 15 is 0 Å². The highest BCUT2D eigenvalue weighted by molar-refractivity contribution is 6.16. The molecule has 4 rings (SSSR count). The fraction of sp³-hybridized carbons (Fsp3) is 0.100. The fourth-order valence-electron chi connectivity index (χ4n) is 3.77. The van der Waals surface area contributed by atoms with Crippen molar-refractivity contribution in [3.05, 3.63) is 138 Å². The summed E-state index contributed by atoms with van der Waals surface area (Å²) in [6, 6.07) is 34.9. The van der Waals surface area contributed by atoms with Gasteiger partial charge in [0, 0.05) is 12.1 Å². The molecule has 174 valence electrons. The molecule has 4 aromatic carbocycles. The van der Waals surface area contributed by atoms with Gasteiger partial charge in [-0.2, -0.15) is 0 Å². The van der Waals surface area contributed by atoms with Crippen LogP contribution in [-0.4, -0.2) is 17.7 Å². The topological polar surface area (TPSA) is 66.5 Å². The van der Waals surface area contributed by atoms with Crippen LogP contribution in [0.3, 0.4) is 0 Å². The second kappa shape index (κ2) is 11.6. The SMILES string of the molecule is O=C(NCc1ccccc1)c1ccc(N(C(=O)Cc2ccccc2)C(=O)Cc2ccccc2)cc1. The molecule has 35 heavy (non-hydrogen) atoms. The molecule has 4 aromatic rings. The van der Waals surface area contributed by atoms with Gasteiger partial charge in [0.2, 0.25) is 11.8 Å². The summed E-state index contributed by atoms with van der Waals surface area (Å²) in [6.45, 7) is 0.415. The smallest absolute Gasteiger partial charge is 0.251 e. The number of imide groups is 1. The lowest BCUT2D eigenvalue weighted by atomic mass is 10.1. The molecule has 0 spiro atoms. The van der Waals surface area contributed by atoms with E-state index in [0.717, 1.165) is 16.7 Å². The van der Waals surface area contributed by atoms with Crippen molar-refractivity contribution < 1.29 is 14.4 Å². The van der Waals surface area contributed by atoms with Crippen molar-refractivity contribution >= 4 is 23.4 Å². The van der Waals surface area contributed by atoms with Gasteiger partial charge in [-0.1, -0.05) is 91.0 Å². The standard InChI is InChI=1S/C30H26N2O3/c33-28(20-23-10-4-1-5-11-23)32(29(34)21-24-12-6-2-7-13-24)27-18-16-26(17-19-27)30(35)31-22-25-14-8-3-9-15-25/h1-19H,20-22H2,(H,31,35). The lowest BCUT2D eigenvalue weighted by Crippen LogP contribution is -2.39. The van der Waals surface area contributed by atoms with Gasteiger partial charge in [-0.25, -0.2) is 0 Å². The average Bonchev–Trinajstić information content (AvgIpc) is 2.89. The average molecular weight is 463 g/mol. The molecule has 0 aliphatic rings. The summed E-state index contributed by atoms with van der Waals surface area (Å²) in [5.41, 5.74) is 3.54. The summed E-state index contributed by atoms with van der Waals surface area (Å²) in [5, 5.41) is 2.89. The van der Waals surface area contributed by atoms with Crippen molar-refractivity contribution in [1.29, 1.82) is 0 Å². The third-order valence-electron chi connectivity index (χ3n) is 5.58. The Bertz CT molecular complexity index is 1220. The quantitative estimate of drug-likeness (QED) is 0.402. The Morgan fingerprint density at radius 3 is 1.43 bits per heavy atom. The van der Waals surface area contributed by atoms with Gasteiger partial charge in [-0.05, 0) is 41.0 Å². The van der Waals surface area contributed by atoms with Crippen LogP contribution in [0.25, 0.3) is 0 Å². The number of amides is 3. The first kappa shape index (κ1) is 23.6. The van der Waals surface area contributed by atoms with Crippen molar-refractivity contribution in [1.82, 2.24) is 5.32 Å². The van der Waals surface area contributed by atoms with Gasteiger partial charge in [0.15, 0.2) is 0 Å².